The molecule has 26 heavy (non-hydrogen) atoms. The van der Waals surface area contributed by atoms with Crippen molar-refractivity contribution < 1.29 is 23.9 Å². The minimum absolute atomic E-state index is 0.114. The van der Waals surface area contributed by atoms with Crippen LogP contribution in [0.15, 0.2) is 30.3 Å². The molecule has 7 nitrogen and oxygen atoms in total. The van der Waals surface area contributed by atoms with Gasteiger partial charge in [-0.05, 0) is 50.3 Å². The number of rotatable bonds is 4. The molecule has 0 saturated carbocycles. The van der Waals surface area contributed by atoms with Crippen LogP contribution >= 0.6 is 0 Å². The van der Waals surface area contributed by atoms with E-state index < -0.39 is 22.8 Å². The Balaban J connectivity index is 2.03. The topological polar surface area (TPSA) is 67.9 Å². The number of ether oxygens (including phenoxy) is 1. The maximum absolute atomic E-state index is 13.1. The van der Waals surface area contributed by atoms with Crippen molar-refractivity contribution >= 4 is 12.1 Å². The molecule has 1 amide bonds. The summed E-state index contributed by atoms with van der Waals surface area (Å²) in [5, 5.41) is 2.04. The summed E-state index contributed by atoms with van der Waals surface area (Å²) < 4.78 is 4.97. The molecule has 0 spiro atoms. The molecule has 0 aromatic heterocycles. The van der Waals surface area contributed by atoms with Crippen molar-refractivity contribution in [2.45, 2.75) is 64.6 Å². The zero-order valence-electron chi connectivity index (χ0n) is 15.7. The largest absolute Gasteiger partial charge is 0.560 e. The Kier molecular flexibility index (Phi) is 5.60. The second-order valence-electron chi connectivity index (χ2n) is 7.11. The van der Waals surface area contributed by atoms with E-state index in [0.717, 1.165) is 24.8 Å². The van der Waals surface area contributed by atoms with Gasteiger partial charge in [-0.25, -0.2) is 4.79 Å². The molecule has 0 aliphatic carbocycles. The third-order valence-electron chi connectivity index (χ3n) is 5.34. The molecule has 2 saturated heterocycles. The number of carbonyl (C=O) groups excluding carboxylic acids is 2. The number of quaternary nitrogens is 1. The fraction of sp³-hybridized carbons (Fsp3) is 0.579. The predicted molar refractivity (Wildman–Crippen MR) is 95.1 cm³/mol. The molecular weight excluding hydrogens is 334 g/mol. The fourth-order valence-electron chi connectivity index (χ4n) is 4.17. The highest BCUT2D eigenvalue weighted by atomic mass is 16.8. The zero-order valence-corrected chi connectivity index (χ0v) is 15.7. The van der Waals surface area contributed by atoms with Crippen molar-refractivity contribution in [2.24, 2.45) is 0 Å². The van der Waals surface area contributed by atoms with Crippen LogP contribution < -0.4 is 5.59 Å². The molecule has 2 aliphatic rings. The summed E-state index contributed by atoms with van der Waals surface area (Å²) in [6, 6.07) is 9.19. The van der Waals surface area contributed by atoms with E-state index in [1.165, 1.54) is 0 Å². The fourth-order valence-corrected chi connectivity index (χ4v) is 4.17. The van der Waals surface area contributed by atoms with Gasteiger partial charge in [-0.2, -0.15) is 4.79 Å². The van der Waals surface area contributed by atoms with E-state index in [2.05, 4.69) is 19.4 Å². The highest BCUT2D eigenvalue weighted by Gasteiger charge is 2.65. The van der Waals surface area contributed by atoms with Gasteiger partial charge >= 0.3 is 12.1 Å². The third kappa shape index (κ3) is 3.22. The number of piperidine rings is 1. The normalized spacial score (nSPS) is 32.3. The van der Waals surface area contributed by atoms with E-state index in [9.17, 15) is 9.59 Å². The summed E-state index contributed by atoms with van der Waals surface area (Å²) in [6.07, 6.45) is 2.90. The van der Waals surface area contributed by atoms with Crippen LogP contribution in [0.4, 0.5) is 4.79 Å². The first-order chi connectivity index (χ1) is 12.5. The number of hydrogen-bond acceptors (Lipinski definition) is 6. The van der Waals surface area contributed by atoms with Crippen molar-refractivity contribution in [3.8, 4) is 0 Å². The van der Waals surface area contributed by atoms with Crippen LogP contribution in [-0.2, 0) is 20.8 Å². The molecule has 1 aromatic carbocycles. The van der Waals surface area contributed by atoms with Gasteiger partial charge in [0.05, 0.1) is 18.7 Å². The van der Waals surface area contributed by atoms with Crippen LogP contribution in [0.5, 0.6) is 0 Å². The first-order valence-corrected chi connectivity index (χ1v) is 9.37. The second kappa shape index (κ2) is 7.73. The summed E-state index contributed by atoms with van der Waals surface area (Å²) in [4.78, 5) is 31.0. The Morgan fingerprint density at radius 3 is 2.54 bits per heavy atom. The van der Waals surface area contributed by atoms with E-state index in [1.807, 2.05) is 35.3 Å². The SMILES string of the molecule is CCOC(=O)[N+]1(N2C(C)CCCC2C)NOC(=O)C1Cc1ccccc1. The molecule has 2 fully saturated rings. The van der Waals surface area contributed by atoms with Crippen molar-refractivity contribution in [3.63, 3.8) is 0 Å². The van der Waals surface area contributed by atoms with Gasteiger partial charge in [0.15, 0.2) is 0 Å². The zero-order chi connectivity index (χ0) is 18.7. The number of carbonyl (C=O) groups is 2. The van der Waals surface area contributed by atoms with Gasteiger partial charge in [0.25, 0.3) is 0 Å². The maximum Gasteiger partial charge on any atom is 0.560 e. The van der Waals surface area contributed by atoms with Gasteiger partial charge in [-0.15, -0.1) is 5.01 Å². The highest BCUT2D eigenvalue weighted by molar-refractivity contribution is 5.78. The van der Waals surface area contributed by atoms with Gasteiger partial charge in [0.2, 0.25) is 6.04 Å². The summed E-state index contributed by atoms with van der Waals surface area (Å²) in [5.41, 5.74) is 3.72. The van der Waals surface area contributed by atoms with E-state index in [1.54, 1.807) is 6.92 Å². The summed E-state index contributed by atoms with van der Waals surface area (Å²) >= 11 is 0. The minimum atomic E-state index is -0.723. The summed E-state index contributed by atoms with van der Waals surface area (Å²) in [6.45, 7) is 6.17. The predicted octanol–water partition coefficient (Wildman–Crippen LogP) is 2.73. The van der Waals surface area contributed by atoms with Crippen molar-refractivity contribution in [1.29, 1.82) is 0 Å². The second-order valence-corrected chi connectivity index (χ2v) is 7.11. The molecular formula is C19H28N3O4+. The highest BCUT2D eigenvalue weighted by Crippen LogP contribution is 2.35. The number of benzene rings is 1. The van der Waals surface area contributed by atoms with E-state index in [4.69, 9.17) is 9.57 Å². The molecule has 4 unspecified atom stereocenters. The molecule has 4 atom stereocenters. The lowest BCUT2D eigenvalue weighted by Gasteiger charge is -2.46. The lowest BCUT2D eigenvalue weighted by molar-refractivity contribution is -1.04. The van der Waals surface area contributed by atoms with Gasteiger partial charge in [0.1, 0.15) is 0 Å². The van der Waals surface area contributed by atoms with Gasteiger partial charge in [-0.3, -0.25) is 0 Å². The van der Waals surface area contributed by atoms with Gasteiger partial charge in [0, 0.05) is 12.0 Å². The van der Waals surface area contributed by atoms with Crippen molar-refractivity contribution in [1.82, 2.24) is 10.6 Å². The van der Waals surface area contributed by atoms with Crippen LogP contribution in [0, 0.1) is 0 Å². The Hall–Kier alpha value is -1.96. The smallest absolute Gasteiger partial charge is 0.417 e. The van der Waals surface area contributed by atoms with E-state index in [0.29, 0.717) is 6.42 Å². The first kappa shape index (κ1) is 18.8. The summed E-state index contributed by atoms with van der Waals surface area (Å²) in [7, 11) is 0. The number of nitrogens with zero attached hydrogens (tertiary/aromatic N) is 2. The Morgan fingerprint density at radius 1 is 1.27 bits per heavy atom. The minimum Gasteiger partial charge on any atom is -0.417 e. The van der Waals surface area contributed by atoms with Gasteiger partial charge < -0.3 is 9.57 Å². The van der Waals surface area contributed by atoms with E-state index >= 15 is 0 Å². The average molecular weight is 362 g/mol. The molecule has 2 heterocycles. The molecule has 0 bridgehead atoms. The summed E-state index contributed by atoms with van der Waals surface area (Å²) in [5.74, 6) is -0.438. The number of nitrogens with one attached hydrogen (secondary N) is 1. The lowest BCUT2D eigenvalue weighted by atomic mass is 9.98. The van der Waals surface area contributed by atoms with Crippen LogP contribution in [-0.4, -0.2) is 46.5 Å². The number of hydrogen-bond donors (Lipinski definition) is 1. The van der Waals surface area contributed by atoms with Crippen LogP contribution in [0.2, 0.25) is 0 Å². The molecule has 7 heteroatoms. The monoisotopic (exact) mass is 362 g/mol. The molecule has 2 aliphatic heterocycles. The Bertz CT molecular complexity index is 643. The van der Waals surface area contributed by atoms with Crippen molar-refractivity contribution in [3.05, 3.63) is 35.9 Å². The molecule has 0 radical (unpaired) electrons. The van der Waals surface area contributed by atoms with Crippen LogP contribution in [0.25, 0.3) is 0 Å². The van der Waals surface area contributed by atoms with Crippen LogP contribution in [0.1, 0.15) is 45.6 Å². The standard InChI is InChI=1S/C19H28N3O4/c1-4-25-19(24)22(21-14(2)9-8-10-15(21)3)17(18(23)26-20-22)13-16-11-6-5-7-12-16/h5-7,11-12,14-15,17,20H,4,8-10,13H2,1-3H3/q+1. The average Bonchev–Trinajstić information content (AvgIpc) is 2.94. The third-order valence-corrected chi connectivity index (χ3v) is 5.34. The molecule has 1 aromatic rings. The Morgan fingerprint density at radius 2 is 1.92 bits per heavy atom. The Labute approximate surface area is 154 Å². The lowest BCUT2D eigenvalue weighted by Crippen LogP contribution is -2.76. The van der Waals surface area contributed by atoms with E-state index in [-0.39, 0.29) is 18.7 Å². The molecule has 142 valence electrons. The molecule has 1 N–H and O–H groups in total. The maximum atomic E-state index is 13.1. The first-order valence-electron chi connectivity index (χ1n) is 9.37. The van der Waals surface area contributed by atoms with Gasteiger partial charge in [-0.1, -0.05) is 30.3 Å². The quantitative estimate of drug-likeness (QED) is 0.831. The number of amides is 1. The van der Waals surface area contributed by atoms with Crippen molar-refractivity contribution in [2.75, 3.05) is 6.61 Å². The molecule has 3 rings (SSSR count). The van der Waals surface area contributed by atoms with Crippen LogP contribution in [0.3, 0.4) is 0 Å².